The van der Waals surface area contributed by atoms with Crippen molar-refractivity contribution in [3.8, 4) is 17.1 Å². The summed E-state index contributed by atoms with van der Waals surface area (Å²) in [6.07, 6.45) is 6.60. The van der Waals surface area contributed by atoms with E-state index in [9.17, 15) is 4.39 Å². The summed E-state index contributed by atoms with van der Waals surface area (Å²) < 4.78 is 37.7. The van der Waals surface area contributed by atoms with Crippen molar-refractivity contribution in [3.05, 3.63) is 40.6 Å². The van der Waals surface area contributed by atoms with Gasteiger partial charge in [0.1, 0.15) is 17.4 Å². The van der Waals surface area contributed by atoms with Crippen LogP contribution in [-0.2, 0) is 0 Å². The van der Waals surface area contributed by atoms with Gasteiger partial charge in [0.2, 0.25) is 0 Å². The molecule has 40 heavy (non-hydrogen) atoms. The zero-order valence-electron chi connectivity index (χ0n) is 22.2. The van der Waals surface area contributed by atoms with Crippen LogP contribution >= 0.6 is 22.9 Å². The number of hydrogen-bond acceptors (Lipinski definition) is 8. The second kappa shape index (κ2) is 10.3. The quantitative estimate of drug-likeness (QED) is 0.276. The molecule has 11 heteroatoms. The number of piperidine rings is 1. The number of nitrogen functional groups attached to an aromatic ring is 1. The van der Waals surface area contributed by atoms with Crippen LogP contribution < -0.4 is 15.8 Å². The number of ether oxygens (including phenoxy) is 1. The predicted molar refractivity (Wildman–Crippen MR) is 155 cm³/mol. The van der Waals surface area contributed by atoms with Gasteiger partial charge in [-0.05, 0) is 70.3 Å². The number of nitrogens with one attached hydrogen (secondary N) is 1. The van der Waals surface area contributed by atoms with Crippen LogP contribution in [-0.4, -0.2) is 57.7 Å². The molecule has 210 valence electrons. The van der Waals surface area contributed by atoms with Gasteiger partial charge in [-0.15, -0.1) is 0 Å². The Morgan fingerprint density at radius 2 is 1.98 bits per heavy atom. The van der Waals surface area contributed by atoms with Crippen LogP contribution in [0.3, 0.4) is 0 Å². The Bertz CT molecular complexity index is 1610. The fraction of sp³-hybridized carbons (Fsp3) is 0.483. The fourth-order valence-corrected chi connectivity index (χ4v) is 7.88. The minimum absolute atomic E-state index is 0.112. The summed E-state index contributed by atoms with van der Waals surface area (Å²) in [5, 5.41) is 4.63. The molecule has 2 bridgehead atoms. The standard InChI is InChI=1S/C29H31ClF2N6OS/c1-14(13-38-9-3-2-4-10-38)39-29-36-24(17-11-15-5-8-21(17)34-15)18-12-19(30)22(23(32)25(18)37-29)16-6-7-20(31)27-26(16)35-28(33)40-27/h6-7,12,14-15,17,21,34H,2-5,8-11,13H2,1H3,(H2,33,35). The number of nitrogens with zero attached hydrogens (tertiary/aromatic N) is 4. The molecule has 7 rings (SSSR count). The van der Waals surface area contributed by atoms with Crippen LogP contribution in [0.25, 0.3) is 32.2 Å². The molecule has 3 aliphatic heterocycles. The van der Waals surface area contributed by atoms with Gasteiger partial charge in [0, 0.05) is 41.1 Å². The van der Waals surface area contributed by atoms with Crippen molar-refractivity contribution in [2.75, 3.05) is 25.4 Å². The summed E-state index contributed by atoms with van der Waals surface area (Å²) in [7, 11) is 0. The lowest BCUT2D eigenvalue weighted by Crippen LogP contribution is -2.37. The van der Waals surface area contributed by atoms with Gasteiger partial charge in [0.15, 0.2) is 10.9 Å². The van der Waals surface area contributed by atoms with Gasteiger partial charge in [-0.3, -0.25) is 4.90 Å². The number of hydrogen-bond donors (Lipinski definition) is 2. The average molecular weight is 585 g/mol. The number of thiazole rings is 1. The van der Waals surface area contributed by atoms with Crippen LogP contribution in [0, 0.1) is 11.6 Å². The normalized spacial score (nSPS) is 23.9. The van der Waals surface area contributed by atoms with Gasteiger partial charge >= 0.3 is 6.01 Å². The third kappa shape index (κ3) is 4.58. The van der Waals surface area contributed by atoms with Gasteiger partial charge in [0.25, 0.3) is 0 Å². The maximum atomic E-state index is 16.6. The minimum Gasteiger partial charge on any atom is -0.459 e. The number of anilines is 1. The van der Waals surface area contributed by atoms with Crippen molar-refractivity contribution in [1.82, 2.24) is 25.2 Å². The molecule has 3 saturated heterocycles. The van der Waals surface area contributed by atoms with Crippen molar-refractivity contribution in [3.63, 3.8) is 0 Å². The molecule has 2 aromatic heterocycles. The molecule has 0 spiro atoms. The summed E-state index contributed by atoms with van der Waals surface area (Å²) in [5.41, 5.74) is 7.57. The minimum atomic E-state index is -0.602. The number of aromatic nitrogens is 3. The van der Waals surface area contributed by atoms with E-state index in [1.54, 1.807) is 6.07 Å². The van der Waals surface area contributed by atoms with E-state index in [0.29, 0.717) is 17.0 Å². The first kappa shape index (κ1) is 26.3. The Labute approximate surface area is 240 Å². The van der Waals surface area contributed by atoms with Crippen LogP contribution in [0.15, 0.2) is 18.2 Å². The molecule has 4 unspecified atom stereocenters. The number of likely N-dealkylation sites (tertiary alicyclic amines) is 1. The van der Waals surface area contributed by atoms with E-state index in [-0.39, 0.29) is 55.5 Å². The first-order valence-corrected chi connectivity index (χ1v) is 15.2. The monoisotopic (exact) mass is 584 g/mol. The lowest BCUT2D eigenvalue weighted by atomic mass is 9.85. The lowest BCUT2D eigenvalue weighted by molar-refractivity contribution is 0.122. The third-order valence-electron chi connectivity index (χ3n) is 8.60. The Morgan fingerprint density at radius 3 is 2.73 bits per heavy atom. The Kier molecular flexibility index (Phi) is 6.77. The second-order valence-electron chi connectivity index (χ2n) is 11.3. The third-order valence-corrected chi connectivity index (χ3v) is 9.79. The number of nitrogens with two attached hydrogens (primary N) is 1. The fourth-order valence-electron chi connectivity index (χ4n) is 6.82. The van der Waals surface area contributed by atoms with Gasteiger partial charge in [-0.25, -0.2) is 13.8 Å². The zero-order chi connectivity index (χ0) is 27.5. The number of fused-ring (bicyclic) bond motifs is 4. The molecule has 5 heterocycles. The first-order chi connectivity index (χ1) is 19.4. The first-order valence-electron chi connectivity index (χ1n) is 14.1. The van der Waals surface area contributed by atoms with Crippen molar-refractivity contribution >= 4 is 49.2 Å². The Morgan fingerprint density at radius 1 is 1.15 bits per heavy atom. The maximum absolute atomic E-state index is 16.6. The Hall–Kier alpha value is -2.66. The highest BCUT2D eigenvalue weighted by Gasteiger charge is 2.42. The molecule has 3 fully saturated rings. The van der Waals surface area contributed by atoms with Crippen molar-refractivity contribution in [1.29, 1.82) is 0 Å². The highest BCUT2D eigenvalue weighted by molar-refractivity contribution is 7.22. The lowest BCUT2D eigenvalue weighted by Gasteiger charge is -2.29. The summed E-state index contributed by atoms with van der Waals surface area (Å²) in [6, 6.07) is 5.40. The van der Waals surface area contributed by atoms with Gasteiger partial charge in [-0.1, -0.05) is 29.4 Å². The van der Waals surface area contributed by atoms with E-state index in [4.69, 9.17) is 27.1 Å². The molecule has 0 saturated carbocycles. The van der Waals surface area contributed by atoms with Crippen molar-refractivity contribution in [2.45, 2.75) is 69.6 Å². The summed E-state index contributed by atoms with van der Waals surface area (Å²) in [4.78, 5) is 16.2. The van der Waals surface area contributed by atoms with E-state index in [1.807, 2.05) is 6.92 Å². The van der Waals surface area contributed by atoms with Gasteiger partial charge in [0.05, 0.1) is 20.9 Å². The average Bonchev–Trinajstić information content (AvgIpc) is 3.67. The van der Waals surface area contributed by atoms with E-state index < -0.39 is 11.6 Å². The predicted octanol–water partition coefficient (Wildman–Crippen LogP) is 6.28. The number of rotatable bonds is 6. The van der Waals surface area contributed by atoms with E-state index in [0.717, 1.165) is 55.9 Å². The van der Waals surface area contributed by atoms with E-state index in [2.05, 4.69) is 20.2 Å². The SMILES string of the molecule is CC(CN1CCCCC1)Oc1nc(C2CC3CCC2N3)c2cc(Cl)c(-c3ccc(F)c4sc(N)nc34)c(F)c2n1. The summed E-state index contributed by atoms with van der Waals surface area (Å²) in [6.45, 7) is 4.88. The molecule has 0 radical (unpaired) electrons. The zero-order valence-corrected chi connectivity index (χ0v) is 23.8. The van der Waals surface area contributed by atoms with Crippen LogP contribution in [0.1, 0.15) is 57.1 Å². The van der Waals surface area contributed by atoms with Gasteiger partial charge in [-0.2, -0.15) is 9.97 Å². The van der Waals surface area contributed by atoms with Gasteiger partial charge < -0.3 is 15.8 Å². The Balaban J connectivity index is 1.35. The smallest absolute Gasteiger partial charge is 0.317 e. The van der Waals surface area contributed by atoms with Crippen LogP contribution in [0.2, 0.25) is 5.02 Å². The van der Waals surface area contributed by atoms with Crippen molar-refractivity contribution in [2.24, 2.45) is 0 Å². The summed E-state index contributed by atoms with van der Waals surface area (Å²) >= 11 is 7.80. The summed E-state index contributed by atoms with van der Waals surface area (Å²) in [5.74, 6) is -0.950. The largest absolute Gasteiger partial charge is 0.459 e. The second-order valence-corrected chi connectivity index (χ2v) is 12.8. The molecule has 0 aliphatic carbocycles. The number of benzene rings is 2. The topological polar surface area (TPSA) is 89.2 Å². The molecule has 7 nitrogen and oxygen atoms in total. The van der Waals surface area contributed by atoms with E-state index in [1.165, 1.54) is 31.4 Å². The number of halogens is 3. The highest BCUT2D eigenvalue weighted by Crippen LogP contribution is 2.45. The molecular weight excluding hydrogens is 554 g/mol. The van der Waals surface area contributed by atoms with Crippen LogP contribution in [0.4, 0.5) is 13.9 Å². The highest BCUT2D eigenvalue weighted by atomic mass is 35.5. The van der Waals surface area contributed by atoms with Crippen molar-refractivity contribution < 1.29 is 13.5 Å². The van der Waals surface area contributed by atoms with Crippen LogP contribution in [0.5, 0.6) is 6.01 Å². The molecule has 3 aliphatic rings. The molecule has 0 amide bonds. The molecule has 4 aromatic rings. The maximum Gasteiger partial charge on any atom is 0.317 e. The van der Waals surface area contributed by atoms with E-state index >= 15 is 4.39 Å². The molecule has 4 atom stereocenters. The molecule has 2 aromatic carbocycles. The molecule has 3 N–H and O–H groups in total. The molecular formula is C29H31ClF2N6OS.